The van der Waals surface area contributed by atoms with Crippen LogP contribution in [0.2, 0.25) is 0 Å². The quantitative estimate of drug-likeness (QED) is 0.337. The summed E-state index contributed by atoms with van der Waals surface area (Å²) in [6.45, 7) is 6.08. The molecule has 4 nitrogen and oxygen atoms in total. The molecule has 33 heavy (non-hydrogen) atoms. The van der Waals surface area contributed by atoms with E-state index in [1.54, 1.807) is 0 Å². The Balaban J connectivity index is 1.61. The van der Waals surface area contributed by atoms with Crippen molar-refractivity contribution in [1.29, 1.82) is 0 Å². The van der Waals surface area contributed by atoms with Crippen molar-refractivity contribution in [2.24, 2.45) is 0 Å². The predicted octanol–water partition coefficient (Wildman–Crippen LogP) is 5.91. The number of benzene rings is 3. The highest BCUT2D eigenvalue weighted by Crippen LogP contribution is 2.40. The van der Waals surface area contributed by atoms with Crippen molar-refractivity contribution in [1.82, 2.24) is 0 Å². The van der Waals surface area contributed by atoms with E-state index < -0.39 is 17.7 Å². The highest BCUT2D eigenvalue weighted by Gasteiger charge is 2.49. The second-order valence-corrected chi connectivity index (χ2v) is 9.10. The molecule has 3 aromatic carbocycles. The average molecular weight is 443 g/mol. The molecule has 0 aliphatic carbocycles. The normalized spacial score (nSPS) is 20.5. The zero-order valence-electron chi connectivity index (χ0n) is 19.4. The van der Waals surface area contributed by atoms with Crippen molar-refractivity contribution in [3.63, 3.8) is 0 Å². The zero-order valence-corrected chi connectivity index (χ0v) is 19.4. The van der Waals surface area contributed by atoms with Crippen molar-refractivity contribution >= 4 is 11.8 Å². The summed E-state index contributed by atoms with van der Waals surface area (Å²) in [5, 5.41) is 0. The fraction of sp³-hybridized carbons (Fsp3) is 0.310. The number of ether oxygens (including phenoxy) is 2. The summed E-state index contributed by atoms with van der Waals surface area (Å²) in [5.41, 5.74) is 2.94. The maximum atomic E-state index is 13.3. The highest BCUT2D eigenvalue weighted by molar-refractivity contribution is 6.05. The fourth-order valence-electron chi connectivity index (χ4n) is 4.43. The number of cyclic esters (lactones) is 1. The number of ketones is 1. The van der Waals surface area contributed by atoms with E-state index in [9.17, 15) is 9.59 Å². The topological polar surface area (TPSA) is 52.6 Å². The van der Waals surface area contributed by atoms with E-state index in [2.05, 4.69) is 13.8 Å². The van der Waals surface area contributed by atoms with Crippen molar-refractivity contribution in [2.45, 2.75) is 57.7 Å². The maximum Gasteiger partial charge on any atom is 0.356 e. The molecule has 1 fully saturated rings. The molecular formula is C29H30O4. The number of Topliss-reactive ketones (excluding diaryl/α,β-unsaturated/α-hetero) is 1. The molecular weight excluding hydrogens is 412 g/mol. The lowest BCUT2D eigenvalue weighted by atomic mass is 9.80. The van der Waals surface area contributed by atoms with E-state index in [0.717, 1.165) is 22.3 Å². The number of esters is 1. The Morgan fingerprint density at radius 2 is 1.64 bits per heavy atom. The molecule has 3 aromatic rings. The molecule has 1 saturated heterocycles. The van der Waals surface area contributed by atoms with Gasteiger partial charge in [-0.15, -0.1) is 0 Å². The van der Waals surface area contributed by atoms with Crippen molar-refractivity contribution in [3.8, 4) is 5.75 Å². The Bertz CT molecular complexity index is 1100. The summed E-state index contributed by atoms with van der Waals surface area (Å²) in [4.78, 5) is 26.6. The molecule has 2 unspecified atom stereocenters. The number of carbonyl (C=O) groups excluding carboxylic acids is 2. The van der Waals surface area contributed by atoms with Gasteiger partial charge in [0.2, 0.25) is 0 Å². The third-order valence-electron chi connectivity index (χ3n) is 6.26. The summed E-state index contributed by atoms with van der Waals surface area (Å²) in [6, 6.07) is 25.5. The minimum Gasteiger partial charge on any atom is -0.470 e. The molecule has 0 bridgehead atoms. The summed E-state index contributed by atoms with van der Waals surface area (Å²) in [6.07, 6.45) is 0.0468. The van der Waals surface area contributed by atoms with E-state index >= 15 is 0 Å². The van der Waals surface area contributed by atoms with E-state index in [1.807, 2.05) is 85.8 Å². The summed E-state index contributed by atoms with van der Waals surface area (Å²) < 4.78 is 12.1. The number of hydrogen-bond donors (Lipinski definition) is 0. The molecule has 2 atom stereocenters. The molecule has 4 rings (SSSR count). The maximum absolute atomic E-state index is 13.3. The SMILES string of the molecule is Cc1ccc(C(C)C)c(OC2C(=O)CC(CCc3ccccc3)(c3ccccc3)OC2=O)c1. The molecule has 0 N–H and O–H groups in total. The minimum atomic E-state index is -1.25. The standard InChI is InChI=1S/C29H30O4/c1-20(2)24-15-14-21(3)18-26(24)32-27-25(30)19-29(33-28(27)31,23-12-8-5-9-13-23)17-16-22-10-6-4-7-11-22/h4-15,18,20,27H,16-17,19H2,1-3H3. The van der Waals surface area contributed by atoms with Crippen LogP contribution in [0.5, 0.6) is 5.75 Å². The molecule has 1 heterocycles. The van der Waals surface area contributed by atoms with E-state index in [0.29, 0.717) is 18.6 Å². The van der Waals surface area contributed by atoms with Gasteiger partial charge in [0.25, 0.3) is 6.10 Å². The Morgan fingerprint density at radius 1 is 0.970 bits per heavy atom. The van der Waals surface area contributed by atoms with Gasteiger partial charge in [0.1, 0.15) is 11.4 Å². The van der Waals surface area contributed by atoms with Crippen molar-refractivity contribution in [3.05, 3.63) is 101 Å². The number of carbonyl (C=O) groups is 2. The summed E-state index contributed by atoms with van der Waals surface area (Å²) in [7, 11) is 0. The second kappa shape index (κ2) is 9.62. The van der Waals surface area contributed by atoms with Crippen LogP contribution in [0, 0.1) is 6.92 Å². The largest absolute Gasteiger partial charge is 0.470 e. The summed E-state index contributed by atoms with van der Waals surface area (Å²) >= 11 is 0. The molecule has 0 amide bonds. The van der Waals surface area contributed by atoms with Crippen LogP contribution >= 0.6 is 0 Å². The minimum absolute atomic E-state index is 0.0864. The van der Waals surface area contributed by atoms with Gasteiger partial charge in [-0.25, -0.2) is 4.79 Å². The molecule has 0 radical (unpaired) electrons. The van der Waals surface area contributed by atoms with Crippen LogP contribution in [0.4, 0.5) is 0 Å². The first-order valence-electron chi connectivity index (χ1n) is 11.5. The van der Waals surface area contributed by atoms with Crippen molar-refractivity contribution in [2.75, 3.05) is 0 Å². The first kappa shape index (κ1) is 22.8. The molecule has 170 valence electrons. The molecule has 1 aliphatic heterocycles. The first-order valence-corrected chi connectivity index (χ1v) is 11.5. The lowest BCUT2D eigenvalue weighted by Gasteiger charge is -2.39. The monoisotopic (exact) mass is 442 g/mol. The highest BCUT2D eigenvalue weighted by atomic mass is 16.6. The van der Waals surface area contributed by atoms with Gasteiger partial charge in [0.15, 0.2) is 5.78 Å². The van der Waals surface area contributed by atoms with Crippen LogP contribution in [0.15, 0.2) is 78.9 Å². The Kier molecular flexibility index (Phi) is 6.64. The molecule has 0 aromatic heterocycles. The third-order valence-corrected chi connectivity index (χ3v) is 6.26. The van der Waals surface area contributed by atoms with E-state index in [4.69, 9.17) is 9.47 Å². The molecule has 4 heteroatoms. The van der Waals surface area contributed by atoms with Gasteiger partial charge < -0.3 is 9.47 Å². The van der Waals surface area contributed by atoms with Gasteiger partial charge >= 0.3 is 5.97 Å². The zero-order chi connectivity index (χ0) is 23.4. The number of hydrogen-bond acceptors (Lipinski definition) is 4. The van der Waals surface area contributed by atoms with Gasteiger partial charge in [-0.3, -0.25) is 4.79 Å². The third kappa shape index (κ3) is 5.00. The van der Waals surface area contributed by atoms with Crippen LogP contribution in [0.1, 0.15) is 54.9 Å². The van der Waals surface area contributed by atoms with Crippen LogP contribution in [-0.4, -0.2) is 17.9 Å². The number of rotatable bonds is 7. The van der Waals surface area contributed by atoms with Crippen LogP contribution in [-0.2, 0) is 26.3 Å². The lowest BCUT2D eigenvalue weighted by molar-refractivity contribution is -0.184. The van der Waals surface area contributed by atoms with Gasteiger partial charge in [-0.05, 0) is 54.0 Å². The second-order valence-electron chi connectivity index (χ2n) is 9.10. The van der Waals surface area contributed by atoms with Crippen molar-refractivity contribution < 1.29 is 19.1 Å². The fourth-order valence-corrected chi connectivity index (χ4v) is 4.43. The molecule has 1 aliphatic rings. The lowest BCUT2D eigenvalue weighted by Crippen LogP contribution is -2.51. The van der Waals surface area contributed by atoms with Gasteiger partial charge in [-0.2, -0.15) is 0 Å². The number of aryl methyl sites for hydroxylation is 2. The van der Waals surface area contributed by atoms with Gasteiger partial charge in [-0.1, -0.05) is 86.6 Å². The Morgan fingerprint density at radius 3 is 2.27 bits per heavy atom. The van der Waals surface area contributed by atoms with E-state index in [-0.39, 0.29) is 18.1 Å². The molecule has 0 saturated carbocycles. The van der Waals surface area contributed by atoms with Gasteiger partial charge in [0, 0.05) is 0 Å². The predicted molar refractivity (Wildman–Crippen MR) is 128 cm³/mol. The van der Waals surface area contributed by atoms with Crippen LogP contribution in [0.3, 0.4) is 0 Å². The Labute approximate surface area is 195 Å². The first-order chi connectivity index (χ1) is 15.9. The summed E-state index contributed by atoms with van der Waals surface area (Å²) in [5.74, 6) is -0.111. The molecule has 0 spiro atoms. The smallest absolute Gasteiger partial charge is 0.356 e. The van der Waals surface area contributed by atoms with Crippen LogP contribution < -0.4 is 4.74 Å². The van der Waals surface area contributed by atoms with Crippen LogP contribution in [0.25, 0.3) is 0 Å². The Hall–Kier alpha value is -3.40. The van der Waals surface area contributed by atoms with Gasteiger partial charge in [0.05, 0.1) is 6.42 Å². The average Bonchev–Trinajstić information content (AvgIpc) is 2.81. The van der Waals surface area contributed by atoms with E-state index in [1.165, 1.54) is 0 Å².